The van der Waals surface area contributed by atoms with Crippen molar-refractivity contribution >= 4 is 24.2 Å². The molecule has 0 aliphatic carbocycles. The second-order valence-corrected chi connectivity index (χ2v) is 4.99. The number of amides is 1. The second-order valence-electron chi connectivity index (χ2n) is 4.99. The zero-order valence-electron chi connectivity index (χ0n) is 13.3. The molecule has 2 aromatic carbocycles. The largest absolute Gasteiger partial charge is 0.495 e. The van der Waals surface area contributed by atoms with Gasteiger partial charge in [-0.3, -0.25) is 5.43 Å². The third-order valence-electron chi connectivity index (χ3n) is 2.95. The van der Waals surface area contributed by atoms with Crippen LogP contribution in [-0.2, 0) is 4.74 Å². The number of carbonyl (C=O) groups excluding carboxylic acids is 1. The van der Waals surface area contributed by atoms with Crippen molar-refractivity contribution in [2.75, 3.05) is 12.5 Å². The monoisotopic (exact) mass is 336 g/mol. The molecule has 1 amide bonds. The van der Waals surface area contributed by atoms with E-state index in [1.54, 1.807) is 21.0 Å². The maximum Gasteiger partial charge on any atom is 0.426 e. The van der Waals surface area contributed by atoms with Crippen LogP contribution in [0.5, 0.6) is 5.75 Å². The van der Waals surface area contributed by atoms with Crippen molar-refractivity contribution in [3.63, 3.8) is 0 Å². The number of carbonyl (C=O) groups is 1. The molecule has 2 rings (SSSR count). The standard InChI is InChI=1S/C17H20N2O3.ClH/c1-12(2)22-17(20)19-18-15-11-14(9-10-16(15)21-3)13-7-5-4-6-8-13;/h4-12,18H,1-3H3,(H,19,20);1H. The molecule has 0 saturated heterocycles. The van der Waals surface area contributed by atoms with Crippen LogP contribution in [0.3, 0.4) is 0 Å². The molecule has 0 aromatic heterocycles. The van der Waals surface area contributed by atoms with Gasteiger partial charge in [-0.25, -0.2) is 10.2 Å². The van der Waals surface area contributed by atoms with Gasteiger partial charge in [0.15, 0.2) is 0 Å². The molecule has 0 saturated carbocycles. The predicted octanol–water partition coefficient (Wildman–Crippen LogP) is 4.25. The number of anilines is 1. The van der Waals surface area contributed by atoms with Gasteiger partial charge in [0.25, 0.3) is 0 Å². The summed E-state index contributed by atoms with van der Waals surface area (Å²) in [5.74, 6) is 0.629. The molecule has 0 atom stereocenters. The molecule has 124 valence electrons. The zero-order chi connectivity index (χ0) is 15.9. The molecule has 2 aromatic rings. The Morgan fingerprint density at radius 1 is 1.04 bits per heavy atom. The van der Waals surface area contributed by atoms with Crippen molar-refractivity contribution < 1.29 is 14.3 Å². The molecule has 0 aliphatic heterocycles. The number of hydrogen-bond acceptors (Lipinski definition) is 4. The molecule has 0 bridgehead atoms. The lowest BCUT2D eigenvalue weighted by atomic mass is 10.1. The average molecular weight is 337 g/mol. The van der Waals surface area contributed by atoms with Crippen LogP contribution in [0.15, 0.2) is 48.5 Å². The Labute approximate surface area is 142 Å². The van der Waals surface area contributed by atoms with Gasteiger partial charge in [0.05, 0.1) is 18.9 Å². The lowest BCUT2D eigenvalue weighted by Gasteiger charge is -2.15. The first-order chi connectivity index (χ1) is 10.6. The molecule has 0 aliphatic rings. The molecular formula is C17H21ClN2O3. The van der Waals surface area contributed by atoms with E-state index in [9.17, 15) is 4.79 Å². The van der Waals surface area contributed by atoms with Crippen LogP contribution < -0.4 is 15.6 Å². The summed E-state index contributed by atoms with van der Waals surface area (Å²) in [5.41, 5.74) is 8.08. The van der Waals surface area contributed by atoms with Crippen molar-refractivity contribution in [2.45, 2.75) is 20.0 Å². The summed E-state index contributed by atoms with van der Waals surface area (Å²) < 4.78 is 10.3. The fraction of sp³-hybridized carbons (Fsp3) is 0.235. The SMILES string of the molecule is COc1ccc(-c2ccccc2)cc1NNC(=O)OC(C)C.Cl. The molecule has 23 heavy (non-hydrogen) atoms. The highest BCUT2D eigenvalue weighted by atomic mass is 35.5. The number of halogens is 1. The summed E-state index contributed by atoms with van der Waals surface area (Å²) in [6, 6.07) is 15.7. The summed E-state index contributed by atoms with van der Waals surface area (Å²) in [5, 5.41) is 0. The van der Waals surface area contributed by atoms with Gasteiger partial charge in [0, 0.05) is 0 Å². The maximum absolute atomic E-state index is 11.5. The minimum Gasteiger partial charge on any atom is -0.495 e. The highest BCUT2D eigenvalue weighted by molar-refractivity contribution is 5.85. The third kappa shape index (κ3) is 5.38. The summed E-state index contributed by atoms with van der Waals surface area (Å²) in [7, 11) is 1.58. The van der Waals surface area contributed by atoms with Crippen LogP contribution in [0.4, 0.5) is 10.5 Å². The van der Waals surface area contributed by atoms with E-state index in [0.29, 0.717) is 11.4 Å². The molecule has 0 spiro atoms. The van der Waals surface area contributed by atoms with E-state index in [1.807, 2.05) is 48.5 Å². The van der Waals surface area contributed by atoms with Crippen molar-refractivity contribution in [1.29, 1.82) is 0 Å². The van der Waals surface area contributed by atoms with Gasteiger partial charge in [0.2, 0.25) is 0 Å². The minimum atomic E-state index is -0.540. The normalized spacial score (nSPS) is 9.74. The van der Waals surface area contributed by atoms with Gasteiger partial charge < -0.3 is 9.47 Å². The van der Waals surface area contributed by atoms with Crippen molar-refractivity contribution in [3.8, 4) is 16.9 Å². The van der Waals surface area contributed by atoms with Crippen LogP contribution >= 0.6 is 12.4 Å². The van der Waals surface area contributed by atoms with E-state index in [2.05, 4.69) is 10.9 Å². The Bertz CT molecular complexity index is 633. The zero-order valence-corrected chi connectivity index (χ0v) is 14.1. The number of rotatable bonds is 5. The van der Waals surface area contributed by atoms with E-state index < -0.39 is 6.09 Å². The summed E-state index contributed by atoms with van der Waals surface area (Å²) >= 11 is 0. The molecule has 0 fully saturated rings. The van der Waals surface area contributed by atoms with Crippen LogP contribution in [0.25, 0.3) is 11.1 Å². The van der Waals surface area contributed by atoms with E-state index in [-0.39, 0.29) is 18.5 Å². The molecule has 6 heteroatoms. The van der Waals surface area contributed by atoms with Gasteiger partial charge in [-0.1, -0.05) is 36.4 Å². The van der Waals surface area contributed by atoms with Gasteiger partial charge >= 0.3 is 6.09 Å². The van der Waals surface area contributed by atoms with Crippen LogP contribution in [0, 0.1) is 0 Å². The maximum atomic E-state index is 11.5. The van der Waals surface area contributed by atoms with E-state index in [1.165, 1.54) is 0 Å². The Morgan fingerprint density at radius 2 is 1.74 bits per heavy atom. The van der Waals surface area contributed by atoms with E-state index in [4.69, 9.17) is 9.47 Å². The summed E-state index contributed by atoms with van der Waals surface area (Å²) in [6.07, 6.45) is -0.721. The van der Waals surface area contributed by atoms with Crippen molar-refractivity contribution in [2.24, 2.45) is 0 Å². The molecule has 2 N–H and O–H groups in total. The highest BCUT2D eigenvalue weighted by Gasteiger charge is 2.08. The fourth-order valence-electron chi connectivity index (χ4n) is 1.98. The van der Waals surface area contributed by atoms with Crippen LogP contribution in [0.1, 0.15) is 13.8 Å². The van der Waals surface area contributed by atoms with Crippen LogP contribution in [0.2, 0.25) is 0 Å². The van der Waals surface area contributed by atoms with Gasteiger partial charge in [-0.2, -0.15) is 0 Å². The quantitative estimate of drug-likeness (QED) is 0.801. The van der Waals surface area contributed by atoms with E-state index in [0.717, 1.165) is 11.1 Å². The Balaban J connectivity index is 0.00000264. The molecule has 0 unspecified atom stereocenters. The smallest absolute Gasteiger partial charge is 0.426 e. The summed E-state index contributed by atoms with van der Waals surface area (Å²) in [6.45, 7) is 3.58. The first kappa shape index (κ1) is 18.6. The molecule has 0 heterocycles. The highest BCUT2D eigenvalue weighted by Crippen LogP contribution is 2.30. The van der Waals surface area contributed by atoms with Gasteiger partial charge in [-0.15, -0.1) is 12.4 Å². The minimum absolute atomic E-state index is 0. The first-order valence-corrected chi connectivity index (χ1v) is 7.06. The van der Waals surface area contributed by atoms with E-state index >= 15 is 0 Å². The number of benzene rings is 2. The number of nitrogens with one attached hydrogen (secondary N) is 2. The molecular weight excluding hydrogens is 316 g/mol. The summed E-state index contributed by atoms with van der Waals surface area (Å²) in [4.78, 5) is 11.5. The second kappa shape index (κ2) is 8.90. The lowest BCUT2D eigenvalue weighted by Crippen LogP contribution is -2.31. The molecule has 0 radical (unpaired) electrons. The van der Waals surface area contributed by atoms with Crippen molar-refractivity contribution in [3.05, 3.63) is 48.5 Å². The fourth-order valence-corrected chi connectivity index (χ4v) is 1.98. The van der Waals surface area contributed by atoms with Crippen LogP contribution in [-0.4, -0.2) is 19.3 Å². The first-order valence-electron chi connectivity index (χ1n) is 7.06. The number of hydrazine groups is 1. The lowest BCUT2D eigenvalue weighted by molar-refractivity contribution is 0.117. The third-order valence-corrected chi connectivity index (χ3v) is 2.95. The number of hydrogen-bond donors (Lipinski definition) is 2. The topological polar surface area (TPSA) is 59.6 Å². The Kier molecular flexibility index (Phi) is 7.22. The number of methoxy groups -OCH3 is 1. The van der Waals surface area contributed by atoms with Crippen molar-refractivity contribution in [1.82, 2.24) is 5.43 Å². The molecule has 5 nitrogen and oxygen atoms in total. The Morgan fingerprint density at radius 3 is 2.35 bits per heavy atom. The van der Waals surface area contributed by atoms with Gasteiger partial charge in [0.1, 0.15) is 5.75 Å². The average Bonchev–Trinajstić information content (AvgIpc) is 2.53. The number of ether oxygens (including phenoxy) is 2. The Hall–Kier alpha value is -2.40. The predicted molar refractivity (Wildman–Crippen MR) is 94.1 cm³/mol. The van der Waals surface area contributed by atoms with Gasteiger partial charge in [-0.05, 0) is 37.1 Å².